The number of halogens is 1. The summed E-state index contributed by atoms with van der Waals surface area (Å²) in [6, 6.07) is 14.9. The molecule has 0 aliphatic rings. The lowest BCUT2D eigenvalue weighted by Gasteiger charge is -2.09. The molecule has 0 aliphatic carbocycles. The lowest BCUT2D eigenvalue weighted by Crippen LogP contribution is -2.26. The molecule has 2 N–H and O–H groups in total. The van der Waals surface area contributed by atoms with E-state index in [9.17, 15) is 18.8 Å². The van der Waals surface area contributed by atoms with E-state index >= 15 is 0 Å². The molecular formula is C20H17FN4O3. The molecule has 2 amide bonds. The van der Waals surface area contributed by atoms with Gasteiger partial charge in [0.25, 0.3) is 11.5 Å². The van der Waals surface area contributed by atoms with Crippen LogP contribution in [0.4, 0.5) is 15.8 Å². The molecule has 8 heteroatoms. The van der Waals surface area contributed by atoms with Crippen LogP contribution in [0.2, 0.25) is 0 Å². The molecule has 0 bridgehead atoms. The molecule has 0 radical (unpaired) electrons. The fourth-order valence-corrected chi connectivity index (χ4v) is 2.53. The van der Waals surface area contributed by atoms with Crippen LogP contribution in [0.15, 0.2) is 65.5 Å². The minimum absolute atomic E-state index is 0.0435. The van der Waals surface area contributed by atoms with E-state index in [1.165, 1.54) is 37.3 Å². The minimum atomic E-state index is -0.500. The highest BCUT2D eigenvalue weighted by Gasteiger charge is 2.11. The van der Waals surface area contributed by atoms with Crippen molar-refractivity contribution in [1.82, 2.24) is 9.78 Å². The Morgan fingerprint density at radius 1 is 1.00 bits per heavy atom. The van der Waals surface area contributed by atoms with Crippen LogP contribution in [-0.4, -0.2) is 21.6 Å². The Morgan fingerprint density at radius 3 is 2.32 bits per heavy atom. The van der Waals surface area contributed by atoms with Crippen molar-refractivity contribution in [3.8, 4) is 0 Å². The van der Waals surface area contributed by atoms with Gasteiger partial charge in [0.15, 0.2) is 0 Å². The van der Waals surface area contributed by atoms with Crippen molar-refractivity contribution < 1.29 is 14.0 Å². The van der Waals surface area contributed by atoms with Crippen molar-refractivity contribution in [2.75, 3.05) is 10.6 Å². The Balaban J connectivity index is 1.75. The second-order valence-electron chi connectivity index (χ2n) is 6.06. The number of benzene rings is 2. The first-order valence-corrected chi connectivity index (χ1v) is 8.42. The topological polar surface area (TPSA) is 93.1 Å². The number of amides is 2. The lowest BCUT2D eigenvalue weighted by atomic mass is 10.2. The Hall–Kier alpha value is -3.81. The molecule has 142 valence electrons. The van der Waals surface area contributed by atoms with Gasteiger partial charge in [0.2, 0.25) is 5.91 Å². The number of hydrogen-bond donors (Lipinski definition) is 2. The Labute approximate surface area is 159 Å². The number of carbonyl (C=O) groups excluding carboxylic acids is 2. The third-order valence-electron chi connectivity index (χ3n) is 3.78. The quantitative estimate of drug-likeness (QED) is 0.712. The summed E-state index contributed by atoms with van der Waals surface area (Å²) in [6.45, 7) is 1.45. The maximum atomic E-state index is 13.3. The van der Waals surface area contributed by atoms with Crippen molar-refractivity contribution in [2.24, 2.45) is 0 Å². The number of aromatic nitrogens is 2. The number of carbonyl (C=O) groups is 2. The van der Waals surface area contributed by atoms with Crippen LogP contribution < -0.4 is 16.2 Å². The van der Waals surface area contributed by atoms with Gasteiger partial charge in [0.05, 0.1) is 6.54 Å². The lowest BCUT2D eigenvalue weighted by molar-refractivity contribution is -0.114. The molecule has 3 aromatic rings. The number of nitrogens with zero attached hydrogens (tertiary/aromatic N) is 2. The zero-order valence-electron chi connectivity index (χ0n) is 15.0. The van der Waals surface area contributed by atoms with Crippen LogP contribution >= 0.6 is 0 Å². The average Bonchev–Trinajstić information content (AvgIpc) is 2.65. The maximum Gasteiger partial charge on any atom is 0.276 e. The van der Waals surface area contributed by atoms with Gasteiger partial charge in [-0.25, -0.2) is 9.07 Å². The molecular weight excluding hydrogens is 363 g/mol. The third-order valence-corrected chi connectivity index (χ3v) is 3.78. The highest BCUT2D eigenvalue weighted by Crippen LogP contribution is 2.14. The Kier molecular flexibility index (Phi) is 5.59. The predicted octanol–water partition coefficient (Wildman–Crippen LogP) is 2.64. The second-order valence-corrected chi connectivity index (χ2v) is 6.06. The summed E-state index contributed by atoms with van der Waals surface area (Å²) in [5, 5.41) is 9.36. The number of hydrogen-bond acceptors (Lipinski definition) is 4. The maximum absolute atomic E-state index is 13.3. The zero-order valence-corrected chi connectivity index (χ0v) is 15.0. The summed E-state index contributed by atoms with van der Waals surface area (Å²) < 4.78 is 14.4. The van der Waals surface area contributed by atoms with Gasteiger partial charge in [-0.3, -0.25) is 14.4 Å². The average molecular weight is 380 g/mol. The van der Waals surface area contributed by atoms with Crippen molar-refractivity contribution in [1.29, 1.82) is 0 Å². The SMILES string of the molecule is CC(=O)Nc1ccc(NC(=O)c2ccc(=O)n(Cc3cccc(F)c3)n2)cc1. The summed E-state index contributed by atoms with van der Waals surface area (Å²) in [4.78, 5) is 35.5. The predicted molar refractivity (Wildman–Crippen MR) is 103 cm³/mol. The Morgan fingerprint density at radius 2 is 1.68 bits per heavy atom. The fourth-order valence-electron chi connectivity index (χ4n) is 2.53. The van der Waals surface area contributed by atoms with Gasteiger partial charge in [-0.2, -0.15) is 5.10 Å². The van der Waals surface area contributed by atoms with Gasteiger partial charge in [-0.15, -0.1) is 0 Å². The van der Waals surface area contributed by atoms with E-state index in [0.717, 1.165) is 4.68 Å². The van der Waals surface area contributed by atoms with E-state index in [1.807, 2.05) is 0 Å². The monoisotopic (exact) mass is 380 g/mol. The molecule has 0 spiro atoms. The smallest absolute Gasteiger partial charge is 0.276 e. The summed E-state index contributed by atoms with van der Waals surface area (Å²) in [7, 11) is 0. The van der Waals surface area contributed by atoms with Crippen molar-refractivity contribution in [3.05, 3.63) is 88.1 Å². The second kappa shape index (κ2) is 8.26. The summed E-state index contributed by atoms with van der Waals surface area (Å²) in [5.74, 6) is -1.11. The van der Waals surface area contributed by atoms with E-state index in [-0.39, 0.29) is 18.1 Å². The third kappa shape index (κ3) is 4.88. The van der Waals surface area contributed by atoms with Gasteiger partial charge in [-0.1, -0.05) is 12.1 Å². The molecule has 0 fully saturated rings. The van der Waals surface area contributed by atoms with Gasteiger partial charge in [-0.05, 0) is 48.0 Å². The molecule has 28 heavy (non-hydrogen) atoms. The van der Waals surface area contributed by atoms with Crippen molar-refractivity contribution in [3.63, 3.8) is 0 Å². The van der Waals surface area contributed by atoms with E-state index < -0.39 is 17.3 Å². The molecule has 7 nitrogen and oxygen atoms in total. The van der Waals surface area contributed by atoms with Crippen molar-refractivity contribution in [2.45, 2.75) is 13.5 Å². The van der Waals surface area contributed by atoms with Gasteiger partial charge in [0.1, 0.15) is 11.5 Å². The van der Waals surface area contributed by atoms with E-state index in [1.54, 1.807) is 30.3 Å². The molecule has 0 unspecified atom stereocenters. The number of nitrogens with one attached hydrogen (secondary N) is 2. The highest BCUT2D eigenvalue weighted by atomic mass is 19.1. The first-order valence-electron chi connectivity index (χ1n) is 8.42. The van der Waals surface area contributed by atoms with E-state index in [2.05, 4.69) is 15.7 Å². The molecule has 0 aliphatic heterocycles. The summed E-state index contributed by atoms with van der Waals surface area (Å²) >= 11 is 0. The zero-order chi connectivity index (χ0) is 20.1. The molecule has 2 aromatic carbocycles. The minimum Gasteiger partial charge on any atom is -0.326 e. The van der Waals surface area contributed by atoms with Crippen molar-refractivity contribution >= 4 is 23.2 Å². The molecule has 1 aromatic heterocycles. The Bertz CT molecular complexity index is 1080. The largest absolute Gasteiger partial charge is 0.326 e. The number of rotatable bonds is 5. The molecule has 0 saturated carbocycles. The van der Waals surface area contributed by atoms with Gasteiger partial charge >= 0.3 is 0 Å². The number of anilines is 2. The van der Waals surface area contributed by atoms with Crippen LogP contribution in [0.5, 0.6) is 0 Å². The highest BCUT2D eigenvalue weighted by molar-refractivity contribution is 6.02. The molecule has 3 rings (SSSR count). The summed E-state index contributed by atoms with van der Waals surface area (Å²) in [6.07, 6.45) is 0. The first kappa shape index (κ1) is 19.0. The molecule has 0 saturated heterocycles. The standard InChI is InChI=1S/C20H17FN4O3/c1-13(26)22-16-5-7-17(8-6-16)23-20(28)18-9-10-19(27)25(24-18)12-14-3-2-4-15(21)11-14/h2-11H,12H2,1H3,(H,22,26)(H,23,28). The van der Waals surface area contributed by atoms with Crippen LogP contribution in [0.1, 0.15) is 23.0 Å². The van der Waals surface area contributed by atoms with Crippen LogP contribution in [0.25, 0.3) is 0 Å². The molecule has 0 atom stereocenters. The normalized spacial score (nSPS) is 10.4. The van der Waals surface area contributed by atoms with Crippen LogP contribution in [-0.2, 0) is 11.3 Å². The fraction of sp³-hybridized carbons (Fsp3) is 0.100. The van der Waals surface area contributed by atoms with Gasteiger partial charge < -0.3 is 10.6 Å². The first-order chi connectivity index (χ1) is 13.4. The molecule has 1 heterocycles. The van der Waals surface area contributed by atoms with Crippen LogP contribution in [0, 0.1) is 5.82 Å². The summed E-state index contributed by atoms with van der Waals surface area (Å²) in [5.41, 5.74) is 1.30. The van der Waals surface area contributed by atoms with E-state index in [0.29, 0.717) is 16.9 Å². The van der Waals surface area contributed by atoms with Gasteiger partial charge in [0, 0.05) is 24.4 Å². The van der Waals surface area contributed by atoms with Crippen LogP contribution in [0.3, 0.4) is 0 Å². The van der Waals surface area contributed by atoms with E-state index in [4.69, 9.17) is 0 Å².